The highest BCUT2D eigenvalue weighted by Gasteiger charge is 2.25. The van der Waals surface area contributed by atoms with Crippen LogP contribution in [0.3, 0.4) is 0 Å². The fourth-order valence-electron chi connectivity index (χ4n) is 3.63. The van der Waals surface area contributed by atoms with E-state index in [-0.39, 0.29) is 17.8 Å². The summed E-state index contributed by atoms with van der Waals surface area (Å²) in [4.78, 5) is 14.3. The van der Waals surface area contributed by atoms with E-state index in [0.717, 1.165) is 38.4 Å². The Morgan fingerprint density at radius 3 is 2.56 bits per heavy atom. The number of rotatable bonds is 5. The minimum absolute atomic E-state index is 0.0806. The standard InChI is InChI=1S/C19H26F2N2O2/c20-15-2-3-18(17(21)13-15)25-16-7-11-23(12-8-16)19(24)4-1-14-5-9-22-10-6-14/h2-3,13-14,16,22H,1,4-12H2. The summed E-state index contributed by atoms with van der Waals surface area (Å²) < 4.78 is 32.2. The number of benzene rings is 1. The molecule has 0 bridgehead atoms. The largest absolute Gasteiger partial charge is 0.487 e. The smallest absolute Gasteiger partial charge is 0.222 e. The van der Waals surface area contributed by atoms with Crippen molar-refractivity contribution in [1.29, 1.82) is 0 Å². The summed E-state index contributed by atoms with van der Waals surface area (Å²) in [5, 5.41) is 3.34. The first kappa shape index (κ1) is 18.1. The molecule has 3 rings (SSSR count). The number of amides is 1. The van der Waals surface area contributed by atoms with Crippen LogP contribution in [0.15, 0.2) is 18.2 Å². The molecule has 2 aliphatic rings. The number of likely N-dealkylation sites (tertiary alicyclic amines) is 1. The Morgan fingerprint density at radius 1 is 1.16 bits per heavy atom. The summed E-state index contributed by atoms with van der Waals surface area (Å²) in [6.45, 7) is 3.39. The highest BCUT2D eigenvalue weighted by atomic mass is 19.1. The van der Waals surface area contributed by atoms with Crippen LogP contribution in [0.4, 0.5) is 8.78 Å². The highest BCUT2D eigenvalue weighted by molar-refractivity contribution is 5.76. The van der Waals surface area contributed by atoms with E-state index in [9.17, 15) is 13.6 Å². The maximum atomic E-state index is 13.7. The first-order valence-electron chi connectivity index (χ1n) is 9.22. The maximum Gasteiger partial charge on any atom is 0.222 e. The molecule has 0 aliphatic carbocycles. The van der Waals surface area contributed by atoms with Gasteiger partial charge in [0.05, 0.1) is 0 Å². The zero-order valence-electron chi connectivity index (χ0n) is 14.5. The van der Waals surface area contributed by atoms with Crippen LogP contribution in [0.5, 0.6) is 5.75 Å². The third kappa shape index (κ3) is 5.14. The molecule has 0 aromatic heterocycles. The van der Waals surface area contributed by atoms with Gasteiger partial charge >= 0.3 is 0 Å². The number of nitrogens with one attached hydrogen (secondary N) is 1. The van der Waals surface area contributed by atoms with Gasteiger partial charge < -0.3 is 15.0 Å². The van der Waals surface area contributed by atoms with Gasteiger partial charge in [0, 0.05) is 38.4 Å². The van der Waals surface area contributed by atoms with Crippen molar-refractivity contribution in [2.45, 2.75) is 44.6 Å². The second-order valence-corrected chi connectivity index (χ2v) is 7.00. The van der Waals surface area contributed by atoms with Gasteiger partial charge in [-0.15, -0.1) is 0 Å². The van der Waals surface area contributed by atoms with Gasteiger partial charge in [0.25, 0.3) is 0 Å². The molecule has 1 N–H and O–H groups in total. The van der Waals surface area contributed by atoms with Crippen molar-refractivity contribution >= 4 is 5.91 Å². The number of hydrogen-bond acceptors (Lipinski definition) is 3. The molecule has 138 valence electrons. The summed E-state index contributed by atoms with van der Waals surface area (Å²) in [6.07, 6.45) is 5.12. The molecule has 0 unspecified atom stereocenters. The molecule has 4 nitrogen and oxygen atoms in total. The predicted molar refractivity (Wildman–Crippen MR) is 91.4 cm³/mol. The first-order valence-corrected chi connectivity index (χ1v) is 9.22. The maximum absolute atomic E-state index is 13.7. The van der Waals surface area contributed by atoms with Crippen molar-refractivity contribution < 1.29 is 18.3 Å². The molecule has 25 heavy (non-hydrogen) atoms. The number of halogens is 2. The topological polar surface area (TPSA) is 41.6 Å². The molecule has 2 fully saturated rings. The molecule has 1 aromatic rings. The van der Waals surface area contributed by atoms with Crippen molar-refractivity contribution in [3.05, 3.63) is 29.8 Å². The molecule has 2 heterocycles. The number of nitrogens with zero attached hydrogens (tertiary/aromatic N) is 1. The average Bonchev–Trinajstić information content (AvgIpc) is 2.63. The van der Waals surface area contributed by atoms with Crippen molar-refractivity contribution in [2.24, 2.45) is 5.92 Å². The van der Waals surface area contributed by atoms with Crippen LogP contribution < -0.4 is 10.1 Å². The number of hydrogen-bond donors (Lipinski definition) is 1. The molecule has 0 saturated carbocycles. The molecule has 2 aliphatic heterocycles. The first-order chi connectivity index (χ1) is 12.1. The Morgan fingerprint density at radius 2 is 1.88 bits per heavy atom. The van der Waals surface area contributed by atoms with Crippen LogP contribution in [0.1, 0.15) is 38.5 Å². The molecular formula is C19H26F2N2O2. The quantitative estimate of drug-likeness (QED) is 0.885. The molecule has 0 spiro atoms. The molecule has 0 radical (unpaired) electrons. The Bertz CT molecular complexity index is 583. The van der Waals surface area contributed by atoms with E-state index in [0.29, 0.717) is 38.3 Å². The predicted octanol–water partition coefficient (Wildman–Crippen LogP) is 3.11. The molecule has 1 aromatic carbocycles. The lowest BCUT2D eigenvalue weighted by atomic mass is 9.93. The second kappa shape index (κ2) is 8.61. The van der Waals surface area contributed by atoms with E-state index >= 15 is 0 Å². The van der Waals surface area contributed by atoms with Gasteiger partial charge in [-0.25, -0.2) is 8.78 Å². The van der Waals surface area contributed by atoms with Crippen molar-refractivity contribution in [2.75, 3.05) is 26.2 Å². The molecule has 6 heteroatoms. The molecule has 2 saturated heterocycles. The fourth-order valence-corrected chi connectivity index (χ4v) is 3.63. The van der Waals surface area contributed by atoms with Gasteiger partial charge in [0.1, 0.15) is 11.9 Å². The van der Waals surface area contributed by atoms with Crippen LogP contribution in [-0.2, 0) is 4.79 Å². The highest BCUT2D eigenvalue weighted by Crippen LogP contribution is 2.24. The van der Waals surface area contributed by atoms with Gasteiger partial charge in [-0.2, -0.15) is 0 Å². The summed E-state index contributed by atoms with van der Waals surface area (Å²) in [6, 6.07) is 3.34. The van der Waals surface area contributed by atoms with Crippen LogP contribution in [0, 0.1) is 17.6 Å². The van der Waals surface area contributed by atoms with Crippen LogP contribution in [-0.4, -0.2) is 43.1 Å². The number of carbonyl (C=O) groups excluding carboxylic acids is 1. The Labute approximate surface area is 147 Å². The van der Waals surface area contributed by atoms with Crippen LogP contribution in [0.2, 0.25) is 0 Å². The van der Waals surface area contributed by atoms with E-state index in [1.165, 1.54) is 12.1 Å². The SMILES string of the molecule is O=C(CCC1CCNCC1)N1CCC(Oc2ccc(F)cc2F)CC1. The van der Waals surface area contributed by atoms with Gasteiger partial charge in [0.15, 0.2) is 11.6 Å². The summed E-state index contributed by atoms with van der Waals surface area (Å²) in [5.41, 5.74) is 0. The van der Waals surface area contributed by atoms with Gasteiger partial charge in [0.2, 0.25) is 5.91 Å². The Hall–Kier alpha value is -1.69. The van der Waals surface area contributed by atoms with Crippen LogP contribution in [0.25, 0.3) is 0 Å². The number of ether oxygens (including phenoxy) is 1. The fraction of sp³-hybridized carbons (Fsp3) is 0.632. The normalized spacial score (nSPS) is 19.8. The van der Waals surface area contributed by atoms with Gasteiger partial charge in [-0.3, -0.25) is 4.79 Å². The van der Waals surface area contributed by atoms with E-state index in [2.05, 4.69) is 5.32 Å². The minimum atomic E-state index is -0.680. The lowest BCUT2D eigenvalue weighted by Gasteiger charge is -2.33. The number of piperidine rings is 2. The van der Waals surface area contributed by atoms with Crippen molar-refractivity contribution in [1.82, 2.24) is 10.2 Å². The molecule has 0 atom stereocenters. The average molecular weight is 352 g/mol. The van der Waals surface area contributed by atoms with E-state index in [1.54, 1.807) is 0 Å². The van der Waals surface area contributed by atoms with Gasteiger partial charge in [-0.05, 0) is 50.4 Å². The zero-order valence-corrected chi connectivity index (χ0v) is 14.5. The third-order valence-electron chi connectivity index (χ3n) is 5.21. The summed E-state index contributed by atoms with van der Waals surface area (Å²) in [5.74, 6) is -0.339. The summed E-state index contributed by atoms with van der Waals surface area (Å²) in [7, 11) is 0. The van der Waals surface area contributed by atoms with Crippen molar-refractivity contribution in [3.8, 4) is 5.75 Å². The third-order valence-corrected chi connectivity index (χ3v) is 5.21. The lowest BCUT2D eigenvalue weighted by Crippen LogP contribution is -2.42. The van der Waals surface area contributed by atoms with Crippen molar-refractivity contribution in [3.63, 3.8) is 0 Å². The van der Waals surface area contributed by atoms with Crippen LogP contribution >= 0.6 is 0 Å². The number of carbonyl (C=O) groups is 1. The van der Waals surface area contributed by atoms with Gasteiger partial charge in [-0.1, -0.05) is 0 Å². The minimum Gasteiger partial charge on any atom is -0.487 e. The van der Waals surface area contributed by atoms with E-state index in [1.807, 2.05) is 4.90 Å². The Balaban J connectivity index is 1.41. The zero-order chi connectivity index (χ0) is 17.6. The monoisotopic (exact) mass is 352 g/mol. The Kier molecular flexibility index (Phi) is 6.24. The van der Waals surface area contributed by atoms with E-state index < -0.39 is 11.6 Å². The lowest BCUT2D eigenvalue weighted by molar-refractivity contribution is -0.133. The molecular weight excluding hydrogens is 326 g/mol. The summed E-state index contributed by atoms with van der Waals surface area (Å²) >= 11 is 0. The van der Waals surface area contributed by atoms with E-state index in [4.69, 9.17) is 4.74 Å². The second-order valence-electron chi connectivity index (χ2n) is 7.00. The molecule has 1 amide bonds.